The number of nitrogens with one attached hydrogen (secondary N) is 2. The van der Waals surface area contributed by atoms with Gasteiger partial charge in [-0.15, -0.1) is 0 Å². The molecule has 32 heavy (non-hydrogen) atoms. The average molecular weight is 438 g/mol. The molecule has 2 aromatic carbocycles. The molecular weight excluding hydrogens is 410 g/mol. The van der Waals surface area contributed by atoms with Gasteiger partial charge in [0.15, 0.2) is 0 Å². The Kier molecular flexibility index (Phi) is 7.43. The van der Waals surface area contributed by atoms with Crippen molar-refractivity contribution in [3.05, 3.63) is 59.9 Å². The highest BCUT2D eigenvalue weighted by atomic mass is 16.5. The van der Waals surface area contributed by atoms with Crippen LogP contribution >= 0.6 is 0 Å². The van der Waals surface area contributed by atoms with Gasteiger partial charge in [0.2, 0.25) is 0 Å². The maximum Gasteiger partial charge on any atom is 0.339 e. The van der Waals surface area contributed by atoms with Gasteiger partial charge in [-0.3, -0.25) is 4.79 Å². The number of imidazole rings is 1. The number of hydrogen-bond acceptors (Lipinski definition) is 5. The van der Waals surface area contributed by atoms with E-state index in [9.17, 15) is 14.4 Å². The normalized spacial score (nSPS) is 10.6. The first-order valence-corrected chi connectivity index (χ1v) is 10.4. The molecule has 0 aliphatic carbocycles. The monoisotopic (exact) mass is 437 g/mol. The number of urea groups is 1. The lowest BCUT2D eigenvalue weighted by Gasteiger charge is -2.18. The minimum Gasteiger partial charge on any atom is -0.465 e. The Labute approximate surface area is 186 Å². The molecule has 1 aromatic heterocycles. The molecule has 9 nitrogen and oxygen atoms in total. The van der Waals surface area contributed by atoms with Gasteiger partial charge in [0.05, 0.1) is 35.7 Å². The second kappa shape index (κ2) is 10.4. The Bertz CT molecular complexity index is 1120. The summed E-state index contributed by atoms with van der Waals surface area (Å²) in [5.41, 5.74) is 2.85. The second-order valence-electron chi connectivity index (χ2n) is 7.04. The third kappa shape index (κ3) is 5.05. The highest BCUT2D eigenvalue weighted by Crippen LogP contribution is 2.17. The molecule has 0 bridgehead atoms. The predicted octanol–water partition coefficient (Wildman–Crippen LogP) is 3.13. The van der Waals surface area contributed by atoms with Crippen molar-refractivity contribution in [1.29, 1.82) is 0 Å². The number of hydrogen-bond donors (Lipinski definition) is 2. The molecule has 1 heterocycles. The van der Waals surface area contributed by atoms with E-state index in [2.05, 4.69) is 15.6 Å². The first-order valence-electron chi connectivity index (χ1n) is 10.4. The maximum atomic E-state index is 12.5. The molecule has 0 spiro atoms. The van der Waals surface area contributed by atoms with Gasteiger partial charge in [0, 0.05) is 31.7 Å². The number of carbonyl (C=O) groups excluding carboxylic acids is 3. The van der Waals surface area contributed by atoms with Crippen LogP contribution in [0.2, 0.25) is 0 Å². The fraction of sp³-hybridized carbons (Fsp3) is 0.304. The van der Waals surface area contributed by atoms with Crippen molar-refractivity contribution in [3.8, 4) is 0 Å². The van der Waals surface area contributed by atoms with Crippen molar-refractivity contribution in [1.82, 2.24) is 19.8 Å². The van der Waals surface area contributed by atoms with Gasteiger partial charge < -0.3 is 24.8 Å². The number of fused-ring (bicyclic) bond motifs is 1. The molecule has 0 atom stereocenters. The van der Waals surface area contributed by atoms with Crippen molar-refractivity contribution >= 4 is 34.6 Å². The summed E-state index contributed by atoms with van der Waals surface area (Å²) in [6, 6.07) is 11.6. The molecule has 0 fully saturated rings. The Balaban J connectivity index is 1.61. The van der Waals surface area contributed by atoms with Gasteiger partial charge in [-0.05, 0) is 44.2 Å². The second-order valence-corrected chi connectivity index (χ2v) is 7.04. The summed E-state index contributed by atoms with van der Waals surface area (Å²) in [5, 5.41) is 5.43. The van der Waals surface area contributed by atoms with Crippen LogP contribution in [0.3, 0.4) is 0 Å². The van der Waals surface area contributed by atoms with E-state index in [1.807, 2.05) is 24.5 Å². The van der Waals surface area contributed by atoms with Gasteiger partial charge in [0.25, 0.3) is 5.91 Å². The quantitative estimate of drug-likeness (QED) is 0.527. The van der Waals surface area contributed by atoms with E-state index in [4.69, 9.17) is 4.74 Å². The number of aromatic nitrogens is 2. The lowest BCUT2D eigenvalue weighted by atomic mass is 10.1. The molecule has 0 saturated heterocycles. The molecule has 0 unspecified atom stereocenters. The summed E-state index contributed by atoms with van der Waals surface area (Å²) < 4.78 is 6.64. The summed E-state index contributed by atoms with van der Waals surface area (Å²) in [4.78, 5) is 42.8. The minimum atomic E-state index is -0.523. The summed E-state index contributed by atoms with van der Waals surface area (Å²) in [6.45, 7) is 6.04. The molecule has 9 heteroatoms. The fourth-order valence-corrected chi connectivity index (χ4v) is 3.40. The topological polar surface area (TPSA) is 106 Å². The summed E-state index contributed by atoms with van der Waals surface area (Å²) in [5.74, 6) is -0.540. The van der Waals surface area contributed by atoms with Gasteiger partial charge in [-0.1, -0.05) is 12.1 Å². The van der Waals surface area contributed by atoms with Crippen molar-refractivity contribution in [2.45, 2.75) is 20.4 Å². The van der Waals surface area contributed by atoms with E-state index in [1.54, 1.807) is 47.6 Å². The predicted molar refractivity (Wildman–Crippen MR) is 122 cm³/mol. The number of amides is 3. The molecule has 0 aliphatic heterocycles. The number of anilines is 1. The molecular formula is C23H27N5O4. The van der Waals surface area contributed by atoms with Crippen LogP contribution in [-0.2, 0) is 11.3 Å². The number of ether oxygens (including phenoxy) is 1. The zero-order valence-electron chi connectivity index (χ0n) is 18.4. The number of nitrogens with zero attached hydrogens (tertiary/aromatic N) is 3. The summed E-state index contributed by atoms with van der Waals surface area (Å²) in [6.07, 6.45) is 1.68. The van der Waals surface area contributed by atoms with Gasteiger partial charge in [-0.25, -0.2) is 14.6 Å². The van der Waals surface area contributed by atoms with Crippen LogP contribution in [-0.4, -0.2) is 59.1 Å². The highest BCUT2D eigenvalue weighted by Gasteiger charge is 2.15. The number of para-hydroxylation sites is 1. The van der Waals surface area contributed by atoms with Gasteiger partial charge in [-0.2, -0.15) is 0 Å². The minimum absolute atomic E-state index is 0.0166. The molecule has 2 N–H and O–H groups in total. The zero-order valence-corrected chi connectivity index (χ0v) is 18.4. The van der Waals surface area contributed by atoms with Crippen LogP contribution in [0.4, 0.5) is 10.5 Å². The Morgan fingerprint density at radius 1 is 1.09 bits per heavy atom. The number of benzene rings is 2. The van der Waals surface area contributed by atoms with E-state index in [0.717, 1.165) is 11.0 Å². The summed E-state index contributed by atoms with van der Waals surface area (Å²) in [7, 11) is 1.29. The van der Waals surface area contributed by atoms with Gasteiger partial charge >= 0.3 is 12.0 Å². The number of carbonyl (C=O) groups is 3. The van der Waals surface area contributed by atoms with Crippen molar-refractivity contribution < 1.29 is 19.1 Å². The largest absolute Gasteiger partial charge is 0.465 e. The summed E-state index contributed by atoms with van der Waals surface area (Å²) >= 11 is 0. The van der Waals surface area contributed by atoms with E-state index in [1.165, 1.54) is 7.11 Å². The zero-order chi connectivity index (χ0) is 23.1. The molecule has 0 saturated carbocycles. The Hall–Kier alpha value is -3.88. The SMILES string of the molecule is CCN(CC)C(=O)c1ccc2c(c1)ncn2CCNC(=O)Nc1ccccc1C(=O)OC. The maximum absolute atomic E-state index is 12.5. The third-order valence-electron chi connectivity index (χ3n) is 5.14. The van der Waals surface area contributed by atoms with Crippen LogP contribution in [0.25, 0.3) is 11.0 Å². The molecule has 3 amide bonds. The van der Waals surface area contributed by atoms with E-state index >= 15 is 0 Å². The van der Waals surface area contributed by atoms with Crippen LogP contribution in [0.1, 0.15) is 34.6 Å². The van der Waals surface area contributed by atoms with Crippen LogP contribution in [0, 0.1) is 0 Å². The number of methoxy groups -OCH3 is 1. The first kappa shape index (κ1) is 22.8. The molecule has 0 radical (unpaired) electrons. The van der Waals surface area contributed by atoms with Crippen molar-refractivity contribution in [3.63, 3.8) is 0 Å². The molecule has 0 aliphatic rings. The Morgan fingerprint density at radius 2 is 1.84 bits per heavy atom. The highest BCUT2D eigenvalue weighted by molar-refractivity contribution is 6.00. The fourth-order valence-electron chi connectivity index (χ4n) is 3.40. The first-order chi connectivity index (χ1) is 15.5. The van der Waals surface area contributed by atoms with Crippen LogP contribution in [0.15, 0.2) is 48.8 Å². The lowest BCUT2D eigenvalue weighted by molar-refractivity contribution is 0.0601. The van der Waals surface area contributed by atoms with E-state index < -0.39 is 12.0 Å². The average Bonchev–Trinajstić information content (AvgIpc) is 3.21. The van der Waals surface area contributed by atoms with Crippen molar-refractivity contribution in [2.24, 2.45) is 0 Å². The lowest BCUT2D eigenvalue weighted by Crippen LogP contribution is -2.32. The smallest absolute Gasteiger partial charge is 0.339 e. The van der Waals surface area contributed by atoms with Crippen molar-refractivity contribution in [2.75, 3.05) is 32.1 Å². The van der Waals surface area contributed by atoms with Crippen LogP contribution in [0.5, 0.6) is 0 Å². The number of esters is 1. The third-order valence-corrected chi connectivity index (χ3v) is 5.14. The van der Waals surface area contributed by atoms with E-state index in [0.29, 0.717) is 37.4 Å². The van der Waals surface area contributed by atoms with Gasteiger partial charge in [0.1, 0.15) is 0 Å². The Morgan fingerprint density at radius 3 is 2.56 bits per heavy atom. The molecule has 3 rings (SSSR count). The molecule has 168 valence electrons. The standard InChI is InChI=1S/C23H27N5O4/c1-4-27(5-2)21(29)16-10-11-20-19(14-16)25-15-28(20)13-12-24-23(31)26-18-9-7-6-8-17(18)22(30)32-3/h6-11,14-15H,4-5,12-13H2,1-3H3,(H2,24,26,31). The number of rotatable bonds is 8. The van der Waals surface area contributed by atoms with Crippen LogP contribution < -0.4 is 10.6 Å². The molecule has 3 aromatic rings. The van der Waals surface area contributed by atoms with E-state index in [-0.39, 0.29) is 11.5 Å².